The van der Waals surface area contributed by atoms with Crippen LogP contribution in [-0.4, -0.2) is 18.0 Å². The van der Waals surface area contributed by atoms with Crippen molar-refractivity contribution in [1.82, 2.24) is 0 Å². The highest BCUT2D eigenvalue weighted by Gasteiger charge is 2.43. The maximum Gasteiger partial charge on any atom is 0.172 e. The van der Waals surface area contributed by atoms with E-state index >= 15 is 0 Å². The van der Waals surface area contributed by atoms with Crippen LogP contribution in [0, 0.1) is 5.41 Å². The first-order valence-electron chi connectivity index (χ1n) is 10.4. The number of anilines is 1. The van der Waals surface area contributed by atoms with Gasteiger partial charge in [-0.3, -0.25) is 4.79 Å². The van der Waals surface area contributed by atoms with Crippen LogP contribution < -0.4 is 10.1 Å². The number of nitrogens with one attached hydrogen (secondary N) is 1. The molecule has 0 aromatic heterocycles. The summed E-state index contributed by atoms with van der Waals surface area (Å²) >= 11 is 3.42. The number of rotatable bonds is 2. The predicted octanol–water partition coefficient (Wildman–Crippen LogP) is 6.63. The molecule has 1 saturated carbocycles. The fraction of sp³-hybridized carbons (Fsp3) is 0.269. The lowest BCUT2D eigenvalue weighted by molar-refractivity contribution is -0.119. The molecule has 5 heteroatoms. The first-order chi connectivity index (χ1) is 14.8. The highest BCUT2D eigenvalue weighted by atomic mass is 79.9. The third-order valence-electron chi connectivity index (χ3n) is 6.43. The zero-order valence-electron chi connectivity index (χ0n) is 17.8. The van der Waals surface area contributed by atoms with E-state index in [1.165, 1.54) is 23.4 Å². The molecule has 0 radical (unpaired) electrons. The molecule has 1 atom stereocenters. The van der Waals surface area contributed by atoms with Crippen LogP contribution in [0.15, 0.2) is 58.6 Å². The van der Waals surface area contributed by atoms with Gasteiger partial charge in [-0.2, -0.15) is 0 Å². The van der Waals surface area contributed by atoms with E-state index in [9.17, 15) is 9.90 Å². The molecule has 1 heterocycles. The van der Waals surface area contributed by atoms with Crippen molar-refractivity contribution in [2.24, 2.45) is 5.41 Å². The molecule has 31 heavy (non-hydrogen) atoms. The first kappa shape index (κ1) is 20.1. The Balaban J connectivity index is 1.79. The number of halogens is 1. The SMILES string of the molecule is COc1cc(C2=C3C(=O)CC(C)(C)CC3c3c(ccc4ccccc34)N2)cc(Br)c1O. The molecule has 2 aliphatic rings. The summed E-state index contributed by atoms with van der Waals surface area (Å²) in [7, 11) is 1.52. The van der Waals surface area contributed by atoms with Crippen LogP contribution in [0.3, 0.4) is 0 Å². The summed E-state index contributed by atoms with van der Waals surface area (Å²) in [5.74, 6) is 0.591. The fourth-order valence-electron chi connectivity index (χ4n) is 5.09. The number of benzene rings is 3. The maximum atomic E-state index is 13.5. The molecule has 1 fully saturated rings. The van der Waals surface area contributed by atoms with Crippen molar-refractivity contribution in [3.63, 3.8) is 0 Å². The third-order valence-corrected chi connectivity index (χ3v) is 7.03. The molecule has 2 N–H and O–H groups in total. The van der Waals surface area contributed by atoms with Gasteiger partial charge in [-0.1, -0.05) is 44.2 Å². The molecular formula is C26H24BrNO3. The van der Waals surface area contributed by atoms with Crippen molar-refractivity contribution in [3.8, 4) is 11.5 Å². The number of phenolic OH excluding ortho intramolecular Hbond substituents is 1. The van der Waals surface area contributed by atoms with E-state index in [1.54, 1.807) is 6.07 Å². The third kappa shape index (κ3) is 3.23. The Labute approximate surface area is 190 Å². The number of carbonyl (C=O) groups is 1. The number of allylic oxidation sites excluding steroid dienone is 1. The Hall–Kier alpha value is -2.79. The lowest BCUT2D eigenvalue weighted by Gasteiger charge is -2.41. The van der Waals surface area contributed by atoms with Crippen molar-refractivity contribution in [1.29, 1.82) is 0 Å². The van der Waals surface area contributed by atoms with E-state index in [2.05, 4.69) is 65.4 Å². The minimum Gasteiger partial charge on any atom is -0.503 e. The summed E-state index contributed by atoms with van der Waals surface area (Å²) in [6, 6.07) is 16.2. The summed E-state index contributed by atoms with van der Waals surface area (Å²) in [5.41, 5.74) is 4.58. The summed E-state index contributed by atoms with van der Waals surface area (Å²) in [6.07, 6.45) is 1.41. The van der Waals surface area contributed by atoms with E-state index in [0.29, 0.717) is 16.6 Å². The van der Waals surface area contributed by atoms with Gasteiger partial charge >= 0.3 is 0 Å². The number of hydrogen-bond donors (Lipinski definition) is 2. The van der Waals surface area contributed by atoms with Gasteiger partial charge in [0.25, 0.3) is 0 Å². The second kappa shape index (κ2) is 7.13. The number of ketones is 1. The van der Waals surface area contributed by atoms with Gasteiger partial charge in [0, 0.05) is 29.2 Å². The van der Waals surface area contributed by atoms with Crippen LogP contribution in [0.5, 0.6) is 11.5 Å². The van der Waals surface area contributed by atoms with Crippen molar-refractivity contribution in [3.05, 3.63) is 69.7 Å². The monoisotopic (exact) mass is 477 g/mol. The van der Waals surface area contributed by atoms with Gasteiger partial charge < -0.3 is 15.2 Å². The van der Waals surface area contributed by atoms with E-state index in [-0.39, 0.29) is 22.9 Å². The van der Waals surface area contributed by atoms with E-state index in [0.717, 1.165) is 28.9 Å². The smallest absolute Gasteiger partial charge is 0.172 e. The van der Waals surface area contributed by atoms with E-state index < -0.39 is 0 Å². The van der Waals surface area contributed by atoms with Crippen LogP contribution in [0.25, 0.3) is 16.5 Å². The second-order valence-electron chi connectivity index (χ2n) is 9.19. The number of ether oxygens (including phenoxy) is 1. The average molecular weight is 478 g/mol. The Kier molecular flexibility index (Phi) is 4.63. The lowest BCUT2D eigenvalue weighted by Crippen LogP contribution is -2.34. The van der Waals surface area contributed by atoms with E-state index in [4.69, 9.17) is 4.74 Å². The molecule has 0 spiro atoms. The molecule has 158 valence electrons. The number of phenols is 1. The molecule has 0 bridgehead atoms. The van der Waals surface area contributed by atoms with Gasteiger partial charge in [0.2, 0.25) is 0 Å². The summed E-state index contributed by atoms with van der Waals surface area (Å²) in [5, 5.41) is 16.2. The standard InChI is InChI=1S/C26H24BrNO3/c1-26(2)12-17-22-16-7-5-4-6-14(16)8-9-19(22)28-24(23(17)20(29)13-26)15-10-18(27)25(30)21(11-15)31-3/h4-11,17,28,30H,12-13H2,1-3H3. The number of Topliss-reactive ketones (excluding diaryl/α,β-unsaturated/α-hetero) is 1. The summed E-state index contributed by atoms with van der Waals surface area (Å²) in [6.45, 7) is 4.35. The molecule has 0 saturated heterocycles. The van der Waals surface area contributed by atoms with Gasteiger partial charge in [-0.05, 0) is 62.3 Å². The van der Waals surface area contributed by atoms with Gasteiger partial charge in [0.15, 0.2) is 17.3 Å². The number of methoxy groups -OCH3 is 1. The van der Waals surface area contributed by atoms with Crippen LogP contribution in [0.2, 0.25) is 0 Å². The topological polar surface area (TPSA) is 58.6 Å². The van der Waals surface area contributed by atoms with Gasteiger partial charge in [0.1, 0.15) is 0 Å². The Morgan fingerprint density at radius 1 is 1.16 bits per heavy atom. The quantitative estimate of drug-likeness (QED) is 0.434. The second-order valence-corrected chi connectivity index (χ2v) is 10.0. The van der Waals surface area contributed by atoms with Crippen LogP contribution >= 0.6 is 15.9 Å². The molecular weight excluding hydrogens is 454 g/mol. The number of hydrogen-bond acceptors (Lipinski definition) is 4. The number of fused-ring (bicyclic) bond motifs is 5. The minimum absolute atomic E-state index is 0.00664. The van der Waals surface area contributed by atoms with Gasteiger partial charge in [-0.25, -0.2) is 0 Å². The first-order valence-corrected chi connectivity index (χ1v) is 11.2. The number of aromatic hydroxyl groups is 1. The summed E-state index contributed by atoms with van der Waals surface area (Å²) < 4.78 is 5.89. The van der Waals surface area contributed by atoms with Crippen LogP contribution in [-0.2, 0) is 4.79 Å². The molecule has 3 aromatic carbocycles. The Bertz CT molecular complexity index is 1280. The highest BCUT2D eigenvalue weighted by molar-refractivity contribution is 9.10. The minimum atomic E-state index is -0.0743. The largest absolute Gasteiger partial charge is 0.503 e. The van der Waals surface area contributed by atoms with Crippen molar-refractivity contribution in [2.75, 3.05) is 12.4 Å². The zero-order valence-corrected chi connectivity index (χ0v) is 19.3. The fourth-order valence-corrected chi connectivity index (χ4v) is 5.54. The molecule has 1 aliphatic carbocycles. The molecule has 3 aromatic rings. The van der Waals surface area contributed by atoms with Crippen molar-refractivity contribution < 1.29 is 14.6 Å². The highest BCUT2D eigenvalue weighted by Crippen LogP contribution is 2.53. The normalized spacial score (nSPS) is 19.6. The van der Waals surface area contributed by atoms with Crippen LogP contribution in [0.4, 0.5) is 5.69 Å². The van der Waals surface area contributed by atoms with Crippen molar-refractivity contribution >= 4 is 43.9 Å². The summed E-state index contributed by atoms with van der Waals surface area (Å²) in [4.78, 5) is 13.5. The lowest BCUT2D eigenvalue weighted by atomic mass is 9.64. The average Bonchev–Trinajstić information content (AvgIpc) is 2.73. The molecule has 5 rings (SSSR count). The Morgan fingerprint density at radius 3 is 2.71 bits per heavy atom. The maximum absolute atomic E-state index is 13.5. The predicted molar refractivity (Wildman–Crippen MR) is 128 cm³/mol. The van der Waals surface area contributed by atoms with Crippen LogP contribution in [0.1, 0.15) is 43.7 Å². The molecule has 1 aliphatic heterocycles. The van der Waals surface area contributed by atoms with Gasteiger partial charge in [0.05, 0.1) is 17.3 Å². The Morgan fingerprint density at radius 2 is 1.94 bits per heavy atom. The number of carbonyl (C=O) groups excluding carboxylic acids is 1. The van der Waals surface area contributed by atoms with Crippen molar-refractivity contribution in [2.45, 2.75) is 32.6 Å². The van der Waals surface area contributed by atoms with Gasteiger partial charge in [-0.15, -0.1) is 0 Å². The molecule has 1 unspecified atom stereocenters. The zero-order chi connectivity index (χ0) is 21.9. The molecule has 4 nitrogen and oxygen atoms in total. The molecule has 0 amide bonds. The van der Waals surface area contributed by atoms with E-state index in [1.807, 2.05) is 12.1 Å².